The van der Waals surface area contributed by atoms with Crippen molar-refractivity contribution in [2.75, 3.05) is 6.61 Å². The van der Waals surface area contributed by atoms with E-state index >= 15 is 0 Å². The van der Waals surface area contributed by atoms with E-state index in [9.17, 15) is 0 Å². The molecule has 3 nitrogen and oxygen atoms in total. The molecule has 2 aromatic rings. The summed E-state index contributed by atoms with van der Waals surface area (Å²) < 4.78 is 8.63. The van der Waals surface area contributed by atoms with Gasteiger partial charge >= 0.3 is 0 Å². The quantitative estimate of drug-likeness (QED) is 0.783. The molecule has 2 aliphatic rings. The number of nitrogens with zero attached hydrogens (tertiary/aromatic N) is 2. The molecular weight excluding hydrogens is 248 g/mol. The van der Waals surface area contributed by atoms with Crippen molar-refractivity contribution in [1.82, 2.24) is 9.55 Å². The number of hydrogen-bond donors (Lipinski definition) is 0. The minimum absolute atomic E-state index is 0.167. The van der Waals surface area contributed by atoms with Crippen LogP contribution < -0.4 is 0 Å². The van der Waals surface area contributed by atoms with Crippen molar-refractivity contribution in [2.24, 2.45) is 0 Å². The van der Waals surface area contributed by atoms with Gasteiger partial charge in [0.05, 0.1) is 16.6 Å². The first-order valence-electron chi connectivity index (χ1n) is 7.85. The average Bonchev–Trinajstić information content (AvgIpc) is 3.02. The molecule has 1 atom stereocenters. The van der Waals surface area contributed by atoms with Crippen LogP contribution in [0.15, 0.2) is 24.3 Å². The molecule has 3 heteroatoms. The van der Waals surface area contributed by atoms with E-state index in [2.05, 4.69) is 35.8 Å². The van der Waals surface area contributed by atoms with Crippen molar-refractivity contribution in [3.63, 3.8) is 0 Å². The molecule has 1 saturated carbocycles. The number of ether oxygens (including phenoxy) is 1. The van der Waals surface area contributed by atoms with Gasteiger partial charge in [0.25, 0.3) is 0 Å². The Morgan fingerprint density at radius 2 is 2.05 bits per heavy atom. The lowest BCUT2D eigenvalue weighted by Crippen LogP contribution is -2.38. The SMILES string of the molecule is Cc1nc2ccccc2n1C1CCOC2(CCCC2)C1. The van der Waals surface area contributed by atoms with Crippen LogP contribution >= 0.6 is 0 Å². The lowest BCUT2D eigenvalue weighted by atomic mass is 9.88. The number of para-hydroxylation sites is 2. The minimum atomic E-state index is 0.167. The maximum Gasteiger partial charge on any atom is 0.106 e. The second kappa shape index (κ2) is 4.59. The fourth-order valence-electron chi connectivity index (χ4n) is 4.22. The summed E-state index contributed by atoms with van der Waals surface area (Å²) in [5, 5.41) is 0. The molecule has 0 bridgehead atoms. The predicted octanol–water partition coefficient (Wildman–Crippen LogP) is 4.01. The van der Waals surface area contributed by atoms with Crippen LogP contribution in [0.3, 0.4) is 0 Å². The van der Waals surface area contributed by atoms with E-state index in [4.69, 9.17) is 9.72 Å². The van der Waals surface area contributed by atoms with E-state index in [1.54, 1.807) is 0 Å². The highest BCUT2D eigenvalue weighted by molar-refractivity contribution is 5.76. The van der Waals surface area contributed by atoms with Gasteiger partial charge < -0.3 is 9.30 Å². The van der Waals surface area contributed by atoms with Gasteiger partial charge in [0.1, 0.15) is 5.82 Å². The molecular formula is C17H22N2O. The van der Waals surface area contributed by atoms with Gasteiger partial charge in [0, 0.05) is 12.6 Å². The predicted molar refractivity (Wildman–Crippen MR) is 79.9 cm³/mol. The van der Waals surface area contributed by atoms with Crippen LogP contribution in [-0.4, -0.2) is 21.8 Å². The van der Waals surface area contributed by atoms with Gasteiger partial charge in [-0.25, -0.2) is 4.98 Å². The maximum absolute atomic E-state index is 6.17. The summed E-state index contributed by atoms with van der Waals surface area (Å²) in [5.41, 5.74) is 2.57. The topological polar surface area (TPSA) is 27.1 Å². The zero-order valence-corrected chi connectivity index (χ0v) is 12.1. The van der Waals surface area contributed by atoms with Gasteiger partial charge in [-0.1, -0.05) is 25.0 Å². The first-order valence-corrected chi connectivity index (χ1v) is 7.85. The highest BCUT2D eigenvalue weighted by atomic mass is 16.5. The molecule has 1 aliphatic carbocycles. The first-order chi connectivity index (χ1) is 9.77. The van der Waals surface area contributed by atoms with Crippen LogP contribution in [-0.2, 0) is 4.74 Å². The monoisotopic (exact) mass is 270 g/mol. The van der Waals surface area contributed by atoms with Crippen molar-refractivity contribution in [3.8, 4) is 0 Å². The highest BCUT2D eigenvalue weighted by Crippen LogP contribution is 2.44. The van der Waals surface area contributed by atoms with E-state index in [-0.39, 0.29) is 5.60 Å². The van der Waals surface area contributed by atoms with E-state index in [1.165, 1.54) is 31.2 Å². The molecule has 4 rings (SSSR count). The Kier molecular flexibility index (Phi) is 2.84. The largest absolute Gasteiger partial charge is 0.375 e. The Hall–Kier alpha value is -1.35. The van der Waals surface area contributed by atoms with Gasteiger partial charge in [-0.05, 0) is 44.7 Å². The molecule has 106 valence electrons. The Balaban J connectivity index is 1.73. The maximum atomic E-state index is 6.17. The average molecular weight is 270 g/mol. The molecule has 2 fully saturated rings. The molecule has 2 heterocycles. The second-order valence-corrected chi connectivity index (χ2v) is 6.40. The zero-order valence-electron chi connectivity index (χ0n) is 12.1. The summed E-state index contributed by atoms with van der Waals surface area (Å²) in [6.07, 6.45) is 7.42. The number of rotatable bonds is 1. The number of aromatic nitrogens is 2. The van der Waals surface area contributed by atoms with Crippen molar-refractivity contribution in [2.45, 2.75) is 57.1 Å². The van der Waals surface area contributed by atoms with Crippen molar-refractivity contribution in [3.05, 3.63) is 30.1 Å². The van der Waals surface area contributed by atoms with Crippen LogP contribution in [0, 0.1) is 6.92 Å². The zero-order chi connectivity index (χ0) is 13.6. The van der Waals surface area contributed by atoms with Gasteiger partial charge in [0.2, 0.25) is 0 Å². The van der Waals surface area contributed by atoms with Crippen LogP contribution in [0.1, 0.15) is 50.4 Å². The standard InChI is InChI=1S/C17H22N2O/c1-13-18-15-6-2-3-7-16(15)19(13)14-8-11-20-17(12-14)9-4-5-10-17/h2-3,6-7,14H,4-5,8-12H2,1H3. The Bertz CT molecular complexity index is 625. The smallest absolute Gasteiger partial charge is 0.106 e. The molecule has 1 aliphatic heterocycles. The number of aryl methyl sites for hydroxylation is 1. The molecule has 1 aromatic carbocycles. The third-order valence-corrected chi connectivity index (χ3v) is 5.12. The minimum Gasteiger partial charge on any atom is -0.375 e. The third kappa shape index (κ3) is 1.87. The molecule has 1 spiro atoms. The van der Waals surface area contributed by atoms with E-state index < -0.39 is 0 Å². The second-order valence-electron chi connectivity index (χ2n) is 6.40. The van der Waals surface area contributed by atoms with Crippen LogP contribution in [0.2, 0.25) is 0 Å². The summed E-state index contributed by atoms with van der Waals surface area (Å²) >= 11 is 0. The summed E-state index contributed by atoms with van der Waals surface area (Å²) in [6.45, 7) is 3.04. The molecule has 0 amide bonds. The summed E-state index contributed by atoms with van der Waals surface area (Å²) in [7, 11) is 0. The first kappa shape index (κ1) is 12.4. The lowest BCUT2D eigenvalue weighted by Gasteiger charge is -2.39. The number of benzene rings is 1. The molecule has 20 heavy (non-hydrogen) atoms. The third-order valence-electron chi connectivity index (χ3n) is 5.12. The Labute approximate surface area is 120 Å². The molecule has 0 radical (unpaired) electrons. The van der Waals surface area contributed by atoms with Gasteiger partial charge in [-0.2, -0.15) is 0 Å². The molecule has 1 unspecified atom stereocenters. The summed E-state index contributed by atoms with van der Waals surface area (Å²) in [4.78, 5) is 4.73. The van der Waals surface area contributed by atoms with Crippen LogP contribution in [0.25, 0.3) is 11.0 Å². The van der Waals surface area contributed by atoms with E-state index in [1.807, 2.05) is 0 Å². The van der Waals surface area contributed by atoms with E-state index in [0.717, 1.165) is 30.8 Å². The molecule has 1 saturated heterocycles. The summed E-state index contributed by atoms with van der Waals surface area (Å²) in [5.74, 6) is 1.14. The number of fused-ring (bicyclic) bond motifs is 1. The van der Waals surface area contributed by atoms with Crippen LogP contribution in [0.4, 0.5) is 0 Å². The number of hydrogen-bond acceptors (Lipinski definition) is 2. The van der Waals surface area contributed by atoms with Crippen molar-refractivity contribution < 1.29 is 4.74 Å². The van der Waals surface area contributed by atoms with Crippen molar-refractivity contribution >= 4 is 11.0 Å². The fourth-order valence-corrected chi connectivity index (χ4v) is 4.22. The van der Waals surface area contributed by atoms with Gasteiger partial charge in [-0.15, -0.1) is 0 Å². The van der Waals surface area contributed by atoms with E-state index in [0.29, 0.717) is 6.04 Å². The summed E-state index contributed by atoms with van der Waals surface area (Å²) in [6, 6.07) is 9.05. The normalized spacial score (nSPS) is 25.6. The molecule has 1 aromatic heterocycles. The van der Waals surface area contributed by atoms with Crippen molar-refractivity contribution in [1.29, 1.82) is 0 Å². The van der Waals surface area contributed by atoms with Gasteiger partial charge in [0.15, 0.2) is 0 Å². The van der Waals surface area contributed by atoms with Gasteiger partial charge in [-0.3, -0.25) is 0 Å². The van der Waals surface area contributed by atoms with Crippen LogP contribution in [0.5, 0.6) is 0 Å². The fraction of sp³-hybridized carbons (Fsp3) is 0.588. The lowest BCUT2D eigenvalue weighted by molar-refractivity contribution is -0.0891. The highest BCUT2D eigenvalue weighted by Gasteiger charge is 2.40. The Morgan fingerprint density at radius 1 is 1.25 bits per heavy atom. The number of imidazole rings is 1. The Morgan fingerprint density at radius 3 is 2.90 bits per heavy atom. The molecule has 0 N–H and O–H groups in total.